The van der Waals surface area contributed by atoms with E-state index in [9.17, 15) is 9.59 Å². The van der Waals surface area contributed by atoms with Gasteiger partial charge in [0, 0.05) is 24.3 Å². The Labute approximate surface area is 132 Å². The number of aryl methyl sites for hydroxylation is 3. The van der Waals surface area contributed by atoms with Gasteiger partial charge in [-0.25, -0.2) is 4.98 Å². The van der Waals surface area contributed by atoms with Crippen LogP contribution in [0.3, 0.4) is 0 Å². The monoisotopic (exact) mass is 320 g/mol. The van der Waals surface area contributed by atoms with Crippen molar-refractivity contribution < 1.29 is 9.90 Å². The van der Waals surface area contributed by atoms with Crippen LogP contribution in [0.5, 0.6) is 0 Å². The highest BCUT2D eigenvalue weighted by atomic mass is 32.1. The second-order valence-electron chi connectivity index (χ2n) is 5.77. The largest absolute Gasteiger partial charge is 0.481 e. The second-order valence-corrected chi connectivity index (χ2v) is 6.85. The molecule has 2 aromatic rings. The first-order valence-corrected chi connectivity index (χ1v) is 8.69. The highest BCUT2D eigenvalue weighted by Gasteiger charge is 2.22. The second kappa shape index (κ2) is 6.20. The summed E-state index contributed by atoms with van der Waals surface area (Å²) in [6.07, 6.45) is 5.35. The molecule has 0 bridgehead atoms. The molecule has 1 aliphatic rings. The van der Waals surface area contributed by atoms with E-state index in [0.717, 1.165) is 48.1 Å². The summed E-state index contributed by atoms with van der Waals surface area (Å²) in [5.74, 6) is -0.0270. The Balaban J connectivity index is 2.06. The van der Waals surface area contributed by atoms with Gasteiger partial charge in [-0.1, -0.05) is 6.92 Å². The molecule has 0 unspecified atom stereocenters. The van der Waals surface area contributed by atoms with Crippen molar-refractivity contribution in [3.63, 3.8) is 0 Å². The number of hydrogen-bond donors (Lipinski definition) is 1. The summed E-state index contributed by atoms with van der Waals surface area (Å²) in [6, 6.07) is 0. The van der Waals surface area contributed by atoms with Crippen LogP contribution in [-0.4, -0.2) is 20.6 Å². The average Bonchev–Trinajstić information content (AvgIpc) is 3.02. The van der Waals surface area contributed by atoms with E-state index in [2.05, 4.69) is 6.92 Å². The van der Waals surface area contributed by atoms with E-state index in [1.54, 1.807) is 15.9 Å². The number of rotatable bonds is 6. The van der Waals surface area contributed by atoms with E-state index < -0.39 is 5.97 Å². The van der Waals surface area contributed by atoms with Crippen LogP contribution < -0.4 is 5.56 Å². The van der Waals surface area contributed by atoms with Crippen LogP contribution in [0.15, 0.2) is 4.79 Å². The fraction of sp³-hybridized carbons (Fsp3) is 0.562. The van der Waals surface area contributed by atoms with Crippen molar-refractivity contribution in [3.8, 4) is 0 Å². The lowest BCUT2D eigenvalue weighted by Crippen LogP contribution is -2.26. The number of carboxylic acid groups (broad SMARTS) is 1. The molecule has 0 aliphatic heterocycles. The standard InChI is InChI=1S/C16H20N2O3S/c1-2-5-12-17-15-14(10-6-3-7-11(10)22-15)16(21)18(12)9-4-8-13(19)20/h2-9H2,1H3,(H,19,20). The number of carboxylic acids is 1. The Morgan fingerprint density at radius 2 is 2.23 bits per heavy atom. The molecule has 0 atom stereocenters. The van der Waals surface area contributed by atoms with E-state index in [0.29, 0.717) is 13.0 Å². The minimum absolute atomic E-state index is 0.0261. The highest BCUT2D eigenvalue weighted by molar-refractivity contribution is 7.18. The fourth-order valence-electron chi connectivity index (χ4n) is 3.15. The van der Waals surface area contributed by atoms with Crippen molar-refractivity contribution in [2.24, 2.45) is 0 Å². The van der Waals surface area contributed by atoms with Gasteiger partial charge in [0.05, 0.1) is 5.39 Å². The lowest BCUT2D eigenvalue weighted by Gasteiger charge is -2.11. The van der Waals surface area contributed by atoms with Gasteiger partial charge in [-0.05, 0) is 37.7 Å². The molecule has 22 heavy (non-hydrogen) atoms. The molecule has 0 saturated heterocycles. The van der Waals surface area contributed by atoms with Crippen molar-refractivity contribution in [1.82, 2.24) is 9.55 Å². The van der Waals surface area contributed by atoms with E-state index in [4.69, 9.17) is 10.1 Å². The summed E-state index contributed by atoms with van der Waals surface area (Å²) in [6.45, 7) is 2.50. The predicted molar refractivity (Wildman–Crippen MR) is 86.8 cm³/mol. The normalized spacial score (nSPS) is 13.7. The van der Waals surface area contributed by atoms with Gasteiger partial charge < -0.3 is 5.11 Å². The van der Waals surface area contributed by atoms with Gasteiger partial charge in [0.1, 0.15) is 10.7 Å². The fourth-order valence-corrected chi connectivity index (χ4v) is 4.42. The predicted octanol–water partition coefficient (Wildman–Crippen LogP) is 2.76. The molecule has 118 valence electrons. The van der Waals surface area contributed by atoms with Crippen LogP contribution in [0, 0.1) is 0 Å². The Kier molecular flexibility index (Phi) is 4.29. The number of nitrogens with zero attached hydrogens (tertiary/aromatic N) is 2. The first-order chi connectivity index (χ1) is 10.6. The summed E-state index contributed by atoms with van der Waals surface area (Å²) >= 11 is 1.66. The maximum atomic E-state index is 12.9. The van der Waals surface area contributed by atoms with Crippen LogP contribution in [0.1, 0.15) is 48.9 Å². The van der Waals surface area contributed by atoms with Crippen molar-refractivity contribution >= 4 is 27.5 Å². The molecule has 0 amide bonds. The van der Waals surface area contributed by atoms with Gasteiger partial charge in [-0.2, -0.15) is 0 Å². The third-order valence-corrected chi connectivity index (χ3v) is 5.34. The maximum Gasteiger partial charge on any atom is 0.303 e. The molecular formula is C16H20N2O3S. The maximum absolute atomic E-state index is 12.9. The van der Waals surface area contributed by atoms with Crippen molar-refractivity contribution in [3.05, 3.63) is 26.6 Å². The zero-order valence-electron chi connectivity index (χ0n) is 12.7. The Hall–Kier alpha value is -1.69. The number of carbonyl (C=O) groups is 1. The van der Waals surface area contributed by atoms with Gasteiger partial charge in [-0.15, -0.1) is 11.3 Å². The quantitative estimate of drug-likeness (QED) is 0.888. The molecular weight excluding hydrogens is 300 g/mol. The summed E-state index contributed by atoms with van der Waals surface area (Å²) in [7, 11) is 0. The molecule has 1 N–H and O–H groups in total. The smallest absolute Gasteiger partial charge is 0.303 e. The van der Waals surface area contributed by atoms with Crippen molar-refractivity contribution in [2.45, 2.75) is 58.4 Å². The molecule has 3 rings (SSSR count). The number of aliphatic carboxylic acids is 1. The van der Waals surface area contributed by atoms with Gasteiger partial charge in [0.25, 0.3) is 5.56 Å². The zero-order valence-corrected chi connectivity index (χ0v) is 13.5. The number of fused-ring (bicyclic) bond motifs is 3. The molecule has 0 radical (unpaired) electrons. The van der Waals surface area contributed by atoms with Crippen molar-refractivity contribution in [2.75, 3.05) is 0 Å². The highest BCUT2D eigenvalue weighted by Crippen LogP contribution is 2.34. The summed E-state index contributed by atoms with van der Waals surface area (Å²) in [4.78, 5) is 30.5. The van der Waals surface area contributed by atoms with Crippen LogP contribution >= 0.6 is 11.3 Å². The summed E-state index contributed by atoms with van der Waals surface area (Å²) in [5, 5.41) is 9.58. The SMILES string of the molecule is CCCc1nc2sc3c(c2c(=O)n1CCCC(=O)O)CCC3. The van der Waals surface area contributed by atoms with Crippen LogP contribution in [0.25, 0.3) is 10.2 Å². The first-order valence-electron chi connectivity index (χ1n) is 7.87. The van der Waals surface area contributed by atoms with Crippen molar-refractivity contribution in [1.29, 1.82) is 0 Å². The molecule has 0 fully saturated rings. The third kappa shape index (κ3) is 2.67. The summed E-state index contributed by atoms with van der Waals surface area (Å²) in [5.41, 5.74) is 1.21. The minimum Gasteiger partial charge on any atom is -0.481 e. The molecule has 5 nitrogen and oxygen atoms in total. The van der Waals surface area contributed by atoms with E-state index in [1.807, 2.05) is 0 Å². The molecule has 0 spiro atoms. The number of hydrogen-bond acceptors (Lipinski definition) is 4. The third-order valence-electron chi connectivity index (χ3n) is 4.15. The molecule has 0 aromatic carbocycles. The molecule has 2 heterocycles. The van der Waals surface area contributed by atoms with Gasteiger partial charge in [0.15, 0.2) is 0 Å². The van der Waals surface area contributed by atoms with E-state index in [-0.39, 0.29) is 12.0 Å². The molecule has 1 aliphatic carbocycles. The Morgan fingerprint density at radius 1 is 1.41 bits per heavy atom. The zero-order chi connectivity index (χ0) is 15.7. The van der Waals surface area contributed by atoms with Crippen LogP contribution in [0.2, 0.25) is 0 Å². The van der Waals surface area contributed by atoms with Gasteiger partial charge >= 0.3 is 5.97 Å². The van der Waals surface area contributed by atoms with Gasteiger partial charge in [-0.3, -0.25) is 14.2 Å². The minimum atomic E-state index is -0.824. The van der Waals surface area contributed by atoms with Crippen LogP contribution in [0.4, 0.5) is 0 Å². The van der Waals surface area contributed by atoms with E-state index >= 15 is 0 Å². The first kappa shape index (κ1) is 15.2. The van der Waals surface area contributed by atoms with E-state index in [1.165, 1.54) is 10.4 Å². The topological polar surface area (TPSA) is 72.2 Å². The lowest BCUT2D eigenvalue weighted by atomic mass is 10.2. The number of aromatic nitrogens is 2. The lowest BCUT2D eigenvalue weighted by molar-refractivity contribution is -0.137. The summed E-state index contributed by atoms with van der Waals surface area (Å²) < 4.78 is 1.71. The number of thiophene rings is 1. The van der Waals surface area contributed by atoms with Crippen LogP contribution in [-0.2, 0) is 30.6 Å². The average molecular weight is 320 g/mol. The van der Waals surface area contributed by atoms with Gasteiger partial charge in [0.2, 0.25) is 0 Å². The molecule has 0 saturated carbocycles. The molecule has 6 heteroatoms. The molecule has 2 aromatic heterocycles. The Morgan fingerprint density at radius 3 is 2.95 bits per heavy atom. The Bertz CT molecular complexity index is 776.